The van der Waals surface area contributed by atoms with Gasteiger partial charge in [-0.2, -0.15) is 0 Å². The molecular formula is C20H31NO3. The van der Waals surface area contributed by atoms with Crippen molar-refractivity contribution >= 4 is 5.91 Å². The minimum absolute atomic E-state index is 0.100. The molecule has 1 aliphatic heterocycles. The van der Waals surface area contributed by atoms with Gasteiger partial charge in [-0.25, -0.2) is 0 Å². The minimum atomic E-state index is 0.100. The standard InChI is InChI=1S/C20H31NO3/c1-5-23-18-10-9-17(14-19(18)24-6-2)20(22)21-12-7-8-16(11-13-21)15(3)4/h9-10,14-16H,5-8,11-13H2,1-4H3. The van der Waals surface area contributed by atoms with Crippen molar-refractivity contribution in [2.45, 2.75) is 47.0 Å². The molecule has 1 heterocycles. The number of nitrogens with zero attached hydrogens (tertiary/aromatic N) is 1. The lowest BCUT2D eigenvalue weighted by atomic mass is 9.89. The topological polar surface area (TPSA) is 38.8 Å². The molecule has 2 rings (SSSR count). The van der Waals surface area contributed by atoms with Gasteiger partial charge in [0.15, 0.2) is 11.5 Å². The summed E-state index contributed by atoms with van der Waals surface area (Å²) in [6.45, 7) is 11.3. The van der Waals surface area contributed by atoms with E-state index in [1.54, 1.807) is 0 Å². The summed E-state index contributed by atoms with van der Waals surface area (Å²) in [5.41, 5.74) is 0.685. The summed E-state index contributed by atoms with van der Waals surface area (Å²) in [5, 5.41) is 0. The Bertz CT molecular complexity index is 542. The Morgan fingerprint density at radius 2 is 1.83 bits per heavy atom. The van der Waals surface area contributed by atoms with Crippen LogP contribution in [0.5, 0.6) is 11.5 Å². The van der Waals surface area contributed by atoms with Crippen LogP contribution in [0, 0.1) is 11.8 Å². The van der Waals surface area contributed by atoms with Gasteiger partial charge in [0, 0.05) is 18.7 Å². The Morgan fingerprint density at radius 3 is 2.50 bits per heavy atom. The minimum Gasteiger partial charge on any atom is -0.490 e. The molecule has 0 radical (unpaired) electrons. The van der Waals surface area contributed by atoms with Crippen LogP contribution in [0.1, 0.15) is 57.3 Å². The van der Waals surface area contributed by atoms with Crippen LogP contribution in [0.3, 0.4) is 0 Å². The van der Waals surface area contributed by atoms with E-state index in [-0.39, 0.29) is 5.91 Å². The molecule has 1 amide bonds. The van der Waals surface area contributed by atoms with Crippen molar-refractivity contribution in [3.8, 4) is 11.5 Å². The van der Waals surface area contributed by atoms with E-state index in [1.807, 2.05) is 36.9 Å². The third kappa shape index (κ3) is 4.65. The van der Waals surface area contributed by atoms with Gasteiger partial charge >= 0.3 is 0 Å². The van der Waals surface area contributed by atoms with Crippen LogP contribution in [0.25, 0.3) is 0 Å². The predicted molar refractivity (Wildman–Crippen MR) is 96.9 cm³/mol. The molecule has 1 aliphatic rings. The van der Waals surface area contributed by atoms with Gasteiger partial charge in [-0.1, -0.05) is 13.8 Å². The monoisotopic (exact) mass is 333 g/mol. The summed E-state index contributed by atoms with van der Waals surface area (Å²) in [5.74, 6) is 2.87. The van der Waals surface area contributed by atoms with E-state index in [4.69, 9.17) is 9.47 Å². The Morgan fingerprint density at radius 1 is 1.12 bits per heavy atom. The zero-order valence-electron chi connectivity index (χ0n) is 15.5. The van der Waals surface area contributed by atoms with Crippen molar-refractivity contribution in [1.82, 2.24) is 4.90 Å². The first-order valence-corrected chi connectivity index (χ1v) is 9.25. The third-order valence-electron chi connectivity index (χ3n) is 4.79. The first-order chi connectivity index (χ1) is 11.6. The molecule has 0 aromatic heterocycles. The summed E-state index contributed by atoms with van der Waals surface area (Å²) < 4.78 is 11.2. The molecule has 0 spiro atoms. The number of amides is 1. The van der Waals surface area contributed by atoms with Gasteiger partial charge in [-0.15, -0.1) is 0 Å². The van der Waals surface area contributed by atoms with Crippen molar-refractivity contribution in [2.75, 3.05) is 26.3 Å². The van der Waals surface area contributed by atoms with Crippen molar-refractivity contribution < 1.29 is 14.3 Å². The Balaban J connectivity index is 2.12. The predicted octanol–water partition coefficient (Wildman–Crippen LogP) is 4.38. The van der Waals surface area contributed by atoms with Gasteiger partial charge in [0.05, 0.1) is 13.2 Å². The fourth-order valence-corrected chi connectivity index (χ4v) is 3.36. The van der Waals surface area contributed by atoms with Gasteiger partial charge in [0.1, 0.15) is 0 Å². The van der Waals surface area contributed by atoms with Crippen LogP contribution in [0.2, 0.25) is 0 Å². The smallest absolute Gasteiger partial charge is 0.253 e. The molecule has 1 fully saturated rings. The summed E-state index contributed by atoms with van der Waals surface area (Å²) >= 11 is 0. The Kier molecular flexibility index (Phi) is 6.95. The Hall–Kier alpha value is -1.71. The summed E-state index contributed by atoms with van der Waals surface area (Å²) in [6, 6.07) is 5.51. The summed E-state index contributed by atoms with van der Waals surface area (Å²) in [7, 11) is 0. The molecule has 0 N–H and O–H groups in total. The van der Waals surface area contributed by atoms with Crippen molar-refractivity contribution in [3.63, 3.8) is 0 Å². The van der Waals surface area contributed by atoms with E-state index in [0.717, 1.165) is 31.8 Å². The van der Waals surface area contributed by atoms with E-state index in [0.29, 0.717) is 36.2 Å². The van der Waals surface area contributed by atoms with Gasteiger partial charge in [-0.3, -0.25) is 4.79 Å². The average Bonchev–Trinajstić information content (AvgIpc) is 2.82. The summed E-state index contributed by atoms with van der Waals surface area (Å²) in [6.07, 6.45) is 3.40. The van der Waals surface area contributed by atoms with E-state index in [1.165, 1.54) is 6.42 Å². The number of rotatable bonds is 6. The molecule has 134 valence electrons. The lowest BCUT2D eigenvalue weighted by Crippen LogP contribution is -2.32. The second-order valence-corrected chi connectivity index (χ2v) is 6.75. The SMILES string of the molecule is CCOc1ccc(C(=O)N2CCCC(C(C)C)CC2)cc1OCC. The zero-order chi connectivity index (χ0) is 17.5. The highest BCUT2D eigenvalue weighted by molar-refractivity contribution is 5.95. The molecule has 1 aromatic carbocycles. The maximum Gasteiger partial charge on any atom is 0.253 e. The van der Waals surface area contributed by atoms with Gasteiger partial charge in [0.2, 0.25) is 0 Å². The molecule has 1 aromatic rings. The highest BCUT2D eigenvalue weighted by Gasteiger charge is 2.23. The van der Waals surface area contributed by atoms with Crippen LogP contribution in [-0.4, -0.2) is 37.1 Å². The molecule has 4 heteroatoms. The molecule has 1 saturated heterocycles. The first kappa shape index (κ1) is 18.6. The number of carbonyl (C=O) groups excluding carboxylic acids is 1. The molecule has 24 heavy (non-hydrogen) atoms. The molecule has 0 aliphatic carbocycles. The number of likely N-dealkylation sites (tertiary alicyclic amines) is 1. The van der Waals surface area contributed by atoms with E-state index in [9.17, 15) is 4.79 Å². The molecular weight excluding hydrogens is 302 g/mol. The fourth-order valence-electron chi connectivity index (χ4n) is 3.36. The zero-order valence-corrected chi connectivity index (χ0v) is 15.5. The van der Waals surface area contributed by atoms with Crippen molar-refractivity contribution in [2.24, 2.45) is 11.8 Å². The van der Waals surface area contributed by atoms with Crippen LogP contribution in [0.15, 0.2) is 18.2 Å². The molecule has 1 atom stereocenters. The molecule has 1 unspecified atom stereocenters. The number of ether oxygens (including phenoxy) is 2. The van der Waals surface area contributed by atoms with Gasteiger partial charge in [0.25, 0.3) is 5.91 Å². The normalized spacial score (nSPS) is 18.4. The first-order valence-electron chi connectivity index (χ1n) is 9.25. The van der Waals surface area contributed by atoms with Crippen LogP contribution < -0.4 is 9.47 Å². The lowest BCUT2D eigenvalue weighted by Gasteiger charge is -2.22. The van der Waals surface area contributed by atoms with Crippen molar-refractivity contribution in [1.29, 1.82) is 0 Å². The molecule has 0 saturated carbocycles. The second-order valence-electron chi connectivity index (χ2n) is 6.75. The van der Waals surface area contributed by atoms with Crippen LogP contribution >= 0.6 is 0 Å². The Labute approximate surface area is 146 Å². The number of carbonyl (C=O) groups is 1. The molecule has 4 nitrogen and oxygen atoms in total. The molecule has 0 bridgehead atoms. The van der Waals surface area contributed by atoms with Crippen LogP contribution in [-0.2, 0) is 0 Å². The summed E-state index contributed by atoms with van der Waals surface area (Å²) in [4.78, 5) is 14.9. The van der Waals surface area contributed by atoms with Crippen molar-refractivity contribution in [3.05, 3.63) is 23.8 Å². The third-order valence-corrected chi connectivity index (χ3v) is 4.79. The highest BCUT2D eigenvalue weighted by Crippen LogP contribution is 2.30. The van der Waals surface area contributed by atoms with E-state index < -0.39 is 0 Å². The number of hydrogen-bond donors (Lipinski definition) is 0. The maximum absolute atomic E-state index is 12.9. The van der Waals surface area contributed by atoms with Gasteiger partial charge in [-0.05, 0) is 63.1 Å². The van der Waals surface area contributed by atoms with Crippen LogP contribution in [0.4, 0.5) is 0 Å². The maximum atomic E-state index is 12.9. The lowest BCUT2D eigenvalue weighted by molar-refractivity contribution is 0.0758. The van der Waals surface area contributed by atoms with E-state index in [2.05, 4.69) is 13.8 Å². The largest absolute Gasteiger partial charge is 0.490 e. The average molecular weight is 333 g/mol. The van der Waals surface area contributed by atoms with Gasteiger partial charge < -0.3 is 14.4 Å². The quantitative estimate of drug-likeness (QED) is 0.775. The highest BCUT2D eigenvalue weighted by atomic mass is 16.5. The fraction of sp³-hybridized carbons (Fsp3) is 0.650. The number of hydrogen-bond acceptors (Lipinski definition) is 3. The second kappa shape index (κ2) is 8.95. The number of benzene rings is 1. The van der Waals surface area contributed by atoms with E-state index >= 15 is 0 Å².